The van der Waals surface area contributed by atoms with Crippen molar-refractivity contribution < 1.29 is 23.9 Å². The third-order valence-corrected chi connectivity index (χ3v) is 8.56. The largest absolute Gasteiger partial charge is 0.478 e. The van der Waals surface area contributed by atoms with Crippen LogP contribution in [0.2, 0.25) is 0 Å². The van der Waals surface area contributed by atoms with Crippen molar-refractivity contribution in [2.24, 2.45) is 28.4 Å². The summed E-state index contributed by atoms with van der Waals surface area (Å²) in [5.74, 6) is -1.42. The molecule has 12 nitrogen and oxygen atoms in total. The summed E-state index contributed by atoms with van der Waals surface area (Å²) < 4.78 is 5.83. The molecule has 1 saturated carbocycles. The highest BCUT2D eigenvalue weighted by molar-refractivity contribution is 5.99. The maximum absolute atomic E-state index is 14.1. The molecule has 1 saturated heterocycles. The maximum atomic E-state index is 14.1. The van der Waals surface area contributed by atoms with E-state index in [1.165, 1.54) is 6.33 Å². The average molecular weight is 564 g/mol. The van der Waals surface area contributed by atoms with Gasteiger partial charge < -0.3 is 31.3 Å². The second kappa shape index (κ2) is 10.3. The first-order chi connectivity index (χ1) is 19.3. The van der Waals surface area contributed by atoms with Gasteiger partial charge in [0.2, 0.25) is 17.7 Å². The van der Waals surface area contributed by atoms with Gasteiger partial charge in [-0.25, -0.2) is 9.97 Å². The van der Waals surface area contributed by atoms with Gasteiger partial charge >= 0.3 is 0 Å². The van der Waals surface area contributed by atoms with E-state index in [1.54, 1.807) is 41.6 Å². The molecule has 2 fully saturated rings. The number of piperidine rings is 1. The van der Waals surface area contributed by atoms with Gasteiger partial charge in [-0.3, -0.25) is 19.2 Å². The van der Waals surface area contributed by atoms with Crippen molar-refractivity contribution in [3.05, 3.63) is 43.0 Å². The number of rotatable bonds is 8. The summed E-state index contributed by atoms with van der Waals surface area (Å²) in [7, 11) is 0. The molecule has 1 aliphatic carbocycles. The Morgan fingerprint density at radius 1 is 1.20 bits per heavy atom. The van der Waals surface area contributed by atoms with E-state index in [2.05, 4.69) is 39.8 Å². The number of nitrogens with zero attached hydrogens (tertiary/aromatic N) is 3. The van der Waals surface area contributed by atoms with Crippen LogP contribution in [-0.4, -0.2) is 69.3 Å². The standard InChI is InChI=1S/C29H37N7O5/c1-28(2,3)23(33-15-11-31-14-32-12-15)27(40)36-13-16-21(29(16,4)5)22(36)26(39)35-18(24(30)37)10-20-25(38)34-17-8-6-7-9-19(17)41-20/h6-9,11-12,14,16,18,20-23,33H,10,13H2,1-5H3,(H2,30,37)(H,34,38)(H,35,39)/t16-,18-,20-,21-,22-,23+/m0/s1. The van der Waals surface area contributed by atoms with E-state index in [0.29, 0.717) is 23.7 Å². The number of hydrogen-bond acceptors (Lipinski definition) is 8. The predicted molar refractivity (Wildman–Crippen MR) is 150 cm³/mol. The van der Waals surface area contributed by atoms with E-state index >= 15 is 0 Å². The van der Waals surface area contributed by atoms with Crippen LogP contribution < -0.4 is 26.4 Å². The maximum Gasteiger partial charge on any atom is 0.265 e. The van der Waals surface area contributed by atoms with Crippen molar-refractivity contribution in [3.8, 4) is 5.75 Å². The quantitative estimate of drug-likeness (QED) is 0.375. The molecule has 3 heterocycles. The van der Waals surface area contributed by atoms with Gasteiger partial charge in [0.15, 0.2) is 6.10 Å². The van der Waals surface area contributed by atoms with Crippen molar-refractivity contribution in [1.82, 2.24) is 20.2 Å². The van der Waals surface area contributed by atoms with E-state index in [1.807, 2.05) is 20.8 Å². The van der Waals surface area contributed by atoms with Crippen LogP contribution in [0.5, 0.6) is 5.75 Å². The molecule has 2 aliphatic heterocycles. The van der Waals surface area contributed by atoms with Crippen molar-refractivity contribution in [2.75, 3.05) is 17.2 Å². The fourth-order valence-electron chi connectivity index (χ4n) is 6.13. The van der Waals surface area contributed by atoms with Gasteiger partial charge in [0.1, 0.15) is 30.2 Å². The molecular formula is C29H37N7O5. The minimum atomic E-state index is -1.18. The normalized spacial score (nSPS) is 25.5. The molecule has 5 N–H and O–H groups in total. The Labute approximate surface area is 238 Å². The molecular weight excluding hydrogens is 526 g/mol. The molecule has 2 aromatic rings. The van der Waals surface area contributed by atoms with Crippen molar-refractivity contribution >= 4 is 35.0 Å². The number of hydrogen-bond donors (Lipinski definition) is 4. The minimum absolute atomic E-state index is 0.0817. The lowest BCUT2D eigenvalue weighted by Crippen LogP contribution is -2.59. The Kier molecular flexibility index (Phi) is 7.12. The van der Waals surface area contributed by atoms with Gasteiger partial charge in [0, 0.05) is 13.0 Å². The highest BCUT2D eigenvalue weighted by atomic mass is 16.5. The molecule has 0 radical (unpaired) electrons. The number of para-hydroxylation sites is 2. The first-order valence-corrected chi connectivity index (χ1v) is 13.8. The van der Waals surface area contributed by atoms with Gasteiger partial charge in [-0.15, -0.1) is 0 Å². The summed E-state index contributed by atoms with van der Waals surface area (Å²) in [6.45, 7) is 10.4. The average Bonchev–Trinajstić information content (AvgIpc) is 3.22. The van der Waals surface area contributed by atoms with Crippen LogP contribution in [0.25, 0.3) is 0 Å². The number of nitrogens with two attached hydrogens (primary N) is 1. The van der Waals surface area contributed by atoms with Crippen LogP contribution in [0.4, 0.5) is 11.4 Å². The van der Waals surface area contributed by atoms with Crippen LogP contribution in [0.1, 0.15) is 41.0 Å². The molecule has 0 bridgehead atoms. The highest BCUT2D eigenvalue weighted by Gasteiger charge is 2.69. The summed E-state index contributed by atoms with van der Waals surface area (Å²) in [5.41, 5.74) is 6.15. The number of nitrogens with one attached hydrogen (secondary N) is 3. The van der Waals surface area contributed by atoms with Crippen molar-refractivity contribution in [3.63, 3.8) is 0 Å². The number of benzene rings is 1. The zero-order chi connectivity index (χ0) is 29.7. The Hall–Kier alpha value is -4.22. The molecule has 12 heteroatoms. The van der Waals surface area contributed by atoms with Crippen LogP contribution in [0, 0.1) is 22.7 Å². The van der Waals surface area contributed by atoms with Crippen LogP contribution >= 0.6 is 0 Å². The molecule has 1 aromatic carbocycles. The number of aromatic nitrogens is 2. The lowest BCUT2D eigenvalue weighted by atomic mass is 9.85. The summed E-state index contributed by atoms with van der Waals surface area (Å²) in [6, 6.07) is 4.30. The molecule has 5 rings (SSSR count). The molecule has 1 aromatic heterocycles. The van der Waals surface area contributed by atoms with E-state index in [9.17, 15) is 19.2 Å². The second-order valence-electron chi connectivity index (χ2n) is 12.8. The van der Waals surface area contributed by atoms with Gasteiger partial charge in [0.25, 0.3) is 5.91 Å². The van der Waals surface area contributed by atoms with E-state index in [0.717, 1.165) is 0 Å². The number of carbonyl (C=O) groups is 4. The first-order valence-electron chi connectivity index (χ1n) is 13.8. The zero-order valence-corrected chi connectivity index (χ0v) is 23.9. The Balaban J connectivity index is 1.35. The van der Waals surface area contributed by atoms with E-state index < -0.39 is 47.4 Å². The Morgan fingerprint density at radius 3 is 2.54 bits per heavy atom. The fourth-order valence-corrected chi connectivity index (χ4v) is 6.13. The highest BCUT2D eigenvalue weighted by Crippen LogP contribution is 2.65. The number of likely N-dealkylation sites (tertiary alicyclic amines) is 1. The molecule has 218 valence electrons. The topological polar surface area (TPSA) is 169 Å². The van der Waals surface area contributed by atoms with Gasteiger partial charge in [-0.2, -0.15) is 0 Å². The van der Waals surface area contributed by atoms with Crippen molar-refractivity contribution in [1.29, 1.82) is 0 Å². The number of anilines is 2. The summed E-state index contributed by atoms with van der Waals surface area (Å²) in [4.78, 5) is 62.8. The number of primary amides is 1. The fraction of sp³-hybridized carbons (Fsp3) is 0.517. The number of carbonyl (C=O) groups excluding carboxylic acids is 4. The SMILES string of the molecule is CC(C)(C)[C@H](Nc1cncnc1)C(=O)N1C[C@H]2[C@@H]([C@H]1C(=O)N[C@@H](C[C@@H]1Oc3ccccc3NC1=O)C(N)=O)C2(C)C. The Morgan fingerprint density at radius 2 is 1.88 bits per heavy atom. The summed E-state index contributed by atoms with van der Waals surface area (Å²) in [5, 5.41) is 8.76. The minimum Gasteiger partial charge on any atom is -0.478 e. The first kappa shape index (κ1) is 28.3. The van der Waals surface area contributed by atoms with Crippen LogP contribution in [0.3, 0.4) is 0 Å². The third kappa shape index (κ3) is 5.42. The number of amides is 4. The molecule has 3 aliphatic rings. The zero-order valence-electron chi connectivity index (χ0n) is 23.9. The third-order valence-electron chi connectivity index (χ3n) is 8.56. The van der Waals surface area contributed by atoms with Gasteiger partial charge in [-0.05, 0) is 34.8 Å². The lowest BCUT2D eigenvalue weighted by Gasteiger charge is -2.38. The van der Waals surface area contributed by atoms with Gasteiger partial charge in [0.05, 0.1) is 23.8 Å². The monoisotopic (exact) mass is 563 g/mol. The van der Waals surface area contributed by atoms with E-state index in [-0.39, 0.29) is 29.6 Å². The summed E-state index contributed by atoms with van der Waals surface area (Å²) >= 11 is 0. The van der Waals surface area contributed by atoms with E-state index in [4.69, 9.17) is 10.5 Å². The predicted octanol–water partition coefficient (Wildman–Crippen LogP) is 1.55. The molecule has 0 spiro atoms. The summed E-state index contributed by atoms with van der Waals surface area (Å²) in [6.07, 6.45) is 3.40. The second-order valence-corrected chi connectivity index (χ2v) is 12.8. The van der Waals surface area contributed by atoms with Crippen LogP contribution in [0.15, 0.2) is 43.0 Å². The smallest absolute Gasteiger partial charge is 0.265 e. The molecule has 6 atom stereocenters. The Bertz CT molecular complexity index is 1360. The molecule has 0 unspecified atom stereocenters. The lowest BCUT2D eigenvalue weighted by molar-refractivity contribution is -0.143. The molecule has 4 amide bonds. The van der Waals surface area contributed by atoms with Crippen molar-refractivity contribution in [2.45, 2.75) is 65.3 Å². The number of ether oxygens (including phenoxy) is 1. The molecule has 41 heavy (non-hydrogen) atoms. The van der Waals surface area contributed by atoms with Crippen LogP contribution in [-0.2, 0) is 19.2 Å². The number of fused-ring (bicyclic) bond motifs is 2. The van der Waals surface area contributed by atoms with Gasteiger partial charge in [-0.1, -0.05) is 46.8 Å².